The van der Waals surface area contributed by atoms with Crippen LogP contribution in [-0.4, -0.2) is 28.6 Å². The number of aromatic amines is 1. The van der Waals surface area contributed by atoms with E-state index in [2.05, 4.69) is 71.1 Å². The SMILES string of the molecule is C=C(C)Nc1ccc(OC)nc1.CCC(CC)CCNCc1nc2ccc(C)cc2[nH]1. The van der Waals surface area contributed by atoms with Crippen LogP contribution in [-0.2, 0) is 6.54 Å². The summed E-state index contributed by atoms with van der Waals surface area (Å²) in [5, 5.41) is 6.53. The van der Waals surface area contributed by atoms with Crippen molar-refractivity contribution in [1.82, 2.24) is 20.3 Å². The van der Waals surface area contributed by atoms with Crippen LogP contribution in [0.3, 0.4) is 0 Å². The van der Waals surface area contributed by atoms with E-state index in [1.54, 1.807) is 19.4 Å². The number of hydrogen-bond acceptors (Lipinski definition) is 5. The van der Waals surface area contributed by atoms with Crippen LogP contribution in [0.2, 0.25) is 0 Å². The maximum Gasteiger partial charge on any atom is 0.213 e. The number of hydrogen-bond donors (Lipinski definition) is 3. The van der Waals surface area contributed by atoms with Crippen molar-refractivity contribution in [3.8, 4) is 5.88 Å². The molecule has 0 saturated heterocycles. The first-order valence-electron chi connectivity index (χ1n) is 11.0. The Labute approximate surface area is 186 Å². The molecule has 0 saturated carbocycles. The van der Waals surface area contributed by atoms with E-state index in [4.69, 9.17) is 4.74 Å². The van der Waals surface area contributed by atoms with Crippen LogP contribution < -0.4 is 15.4 Å². The summed E-state index contributed by atoms with van der Waals surface area (Å²) in [6.45, 7) is 14.2. The molecule has 2 heterocycles. The summed E-state index contributed by atoms with van der Waals surface area (Å²) in [5.41, 5.74) is 5.27. The van der Waals surface area contributed by atoms with Crippen LogP contribution in [0.5, 0.6) is 5.88 Å². The molecule has 3 rings (SSSR count). The van der Waals surface area contributed by atoms with Gasteiger partial charge >= 0.3 is 0 Å². The van der Waals surface area contributed by atoms with Gasteiger partial charge in [0, 0.05) is 11.8 Å². The Bertz CT molecular complexity index is 929. The van der Waals surface area contributed by atoms with Gasteiger partial charge in [-0.1, -0.05) is 39.3 Å². The molecule has 168 valence electrons. The van der Waals surface area contributed by atoms with E-state index in [1.165, 1.54) is 24.8 Å². The Morgan fingerprint density at radius 1 is 1.19 bits per heavy atom. The highest BCUT2D eigenvalue weighted by molar-refractivity contribution is 5.75. The summed E-state index contributed by atoms with van der Waals surface area (Å²) in [5.74, 6) is 2.50. The van der Waals surface area contributed by atoms with Gasteiger partial charge in [-0.15, -0.1) is 0 Å². The van der Waals surface area contributed by atoms with Crippen LogP contribution in [0.1, 0.15) is 51.4 Å². The summed E-state index contributed by atoms with van der Waals surface area (Å²) in [6, 6.07) is 10.0. The first-order chi connectivity index (χ1) is 14.9. The van der Waals surface area contributed by atoms with E-state index >= 15 is 0 Å². The molecule has 0 aliphatic rings. The zero-order valence-electron chi connectivity index (χ0n) is 19.6. The minimum Gasteiger partial charge on any atom is -0.481 e. The van der Waals surface area contributed by atoms with Crippen molar-refractivity contribution < 1.29 is 4.74 Å². The number of aromatic nitrogens is 3. The number of rotatable bonds is 10. The molecule has 0 fully saturated rings. The van der Waals surface area contributed by atoms with Gasteiger partial charge < -0.3 is 20.4 Å². The quantitative estimate of drug-likeness (QED) is 0.358. The highest BCUT2D eigenvalue weighted by Crippen LogP contribution is 2.14. The number of pyridine rings is 1. The monoisotopic (exact) mass is 423 g/mol. The second kappa shape index (κ2) is 12.7. The maximum absolute atomic E-state index is 4.91. The lowest BCUT2D eigenvalue weighted by atomic mass is 10.00. The largest absolute Gasteiger partial charge is 0.481 e. The van der Waals surface area contributed by atoms with Crippen molar-refractivity contribution in [3.05, 3.63) is 60.2 Å². The predicted octanol–water partition coefficient (Wildman–Crippen LogP) is 5.82. The van der Waals surface area contributed by atoms with Gasteiger partial charge in [0.25, 0.3) is 0 Å². The number of anilines is 1. The number of benzene rings is 1. The minimum atomic E-state index is 0.613. The Kier molecular flexibility index (Phi) is 10.0. The smallest absolute Gasteiger partial charge is 0.213 e. The first kappa shape index (κ1) is 24.4. The normalized spacial score (nSPS) is 10.6. The third-order valence-corrected chi connectivity index (χ3v) is 5.17. The molecule has 0 bridgehead atoms. The molecule has 6 nitrogen and oxygen atoms in total. The van der Waals surface area contributed by atoms with Gasteiger partial charge in [0.2, 0.25) is 5.88 Å². The van der Waals surface area contributed by atoms with Crippen molar-refractivity contribution in [2.24, 2.45) is 5.92 Å². The first-order valence-corrected chi connectivity index (χ1v) is 11.0. The van der Waals surface area contributed by atoms with Crippen molar-refractivity contribution in [2.75, 3.05) is 19.0 Å². The zero-order valence-corrected chi connectivity index (χ0v) is 19.6. The van der Waals surface area contributed by atoms with Gasteiger partial charge in [0.05, 0.1) is 36.6 Å². The molecule has 0 radical (unpaired) electrons. The molecule has 0 aliphatic carbocycles. The van der Waals surface area contributed by atoms with E-state index < -0.39 is 0 Å². The average Bonchev–Trinajstić information content (AvgIpc) is 3.16. The second-order valence-electron chi connectivity index (χ2n) is 7.85. The van der Waals surface area contributed by atoms with E-state index in [9.17, 15) is 0 Å². The number of nitrogens with zero attached hydrogens (tertiary/aromatic N) is 2. The second-order valence-corrected chi connectivity index (χ2v) is 7.85. The third-order valence-electron chi connectivity index (χ3n) is 5.17. The summed E-state index contributed by atoms with van der Waals surface area (Å²) in [6.07, 6.45) is 5.52. The number of allylic oxidation sites excluding steroid dienone is 1. The van der Waals surface area contributed by atoms with Gasteiger partial charge in [0.1, 0.15) is 5.82 Å². The lowest BCUT2D eigenvalue weighted by Gasteiger charge is -2.11. The number of methoxy groups -OCH3 is 1. The van der Waals surface area contributed by atoms with E-state index in [-0.39, 0.29) is 0 Å². The molecule has 6 heteroatoms. The summed E-state index contributed by atoms with van der Waals surface area (Å²) in [7, 11) is 1.59. The fraction of sp³-hybridized carbons (Fsp3) is 0.440. The minimum absolute atomic E-state index is 0.613. The van der Waals surface area contributed by atoms with Crippen LogP contribution in [0.25, 0.3) is 11.0 Å². The molecule has 0 amide bonds. The Morgan fingerprint density at radius 3 is 2.58 bits per heavy atom. The van der Waals surface area contributed by atoms with Crippen molar-refractivity contribution in [3.63, 3.8) is 0 Å². The van der Waals surface area contributed by atoms with Crippen molar-refractivity contribution in [1.29, 1.82) is 0 Å². The highest BCUT2D eigenvalue weighted by Gasteiger charge is 2.04. The Morgan fingerprint density at radius 2 is 1.97 bits per heavy atom. The van der Waals surface area contributed by atoms with Crippen LogP contribution >= 0.6 is 0 Å². The molecule has 2 aromatic heterocycles. The number of aryl methyl sites for hydroxylation is 1. The molecule has 0 atom stereocenters. The molecule has 3 N–H and O–H groups in total. The Balaban J connectivity index is 0.000000245. The lowest BCUT2D eigenvalue weighted by molar-refractivity contribution is 0.398. The van der Waals surface area contributed by atoms with E-state index in [0.29, 0.717) is 5.88 Å². The molecule has 0 aliphatic heterocycles. The zero-order chi connectivity index (χ0) is 22.6. The maximum atomic E-state index is 4.91. The molecular formula is C25H37N5O. The van der Waals surface area contributed by atoms with Crippen molar-refractivity contribution >= 4 is 16.7 Å². The standard InChI is InChI=1S/C16H25N3.C9H12N2O/c1-4-13(5-2)8-9-17-11-16-18-14-7-6-12(3)10-15(14)19-16;1-7(2)11-8-4-5-9(12-3)10-6-8/h6-7,10,13,17H,4-5,8-9,11H2,1-3H3,(H,18,19);4-6,11H,1H2,2-3H3. The predicted molar refractivity (Wildman–Crippen MR) is 130 cm³/mol. The summed E-state index contributed by atoms with van der Waals surface area (Å²) >= 11 is 0. The number of H-pyrrole nitrogens is 1. The van der Waals surface area contributed by atoms with E-state index in [0.717, 1.165) is 47.2 Å². The lowest BCUT2D eigenvalue weighted by Crippen LogP contribution is -2.18. The molecular weight excluding hydrogens is 386 g/mol. The highest BCUT2D eigenvalue weighted by atomic mass is 16.5. The molecule has 0 spiro atoms. The van der Waals surface area contributed by atoms with Crippen LogP contribution in [0.4, 0.5) is 5.69 Å². The number of ether oxygens (including phenoxy) is 1. The summed E-state index contributed by atoms with van der Waals surface area (Å²) < 4.78 is 4.91. The number of fused-ring (bicyclic) bond motifs is 1. The van der Waals surface area contributed by atoms with Crippen LogP contribution in [0, 0.1) is 12.8 Å². The van der Waals surface area contributed by atoms with E-state index in [1.807, 2.05) is 13.0 Å². The fourth-order valence-electron chi connectivity index (χ4n) is 3.29. The topological polar surface area (TPSA) is 74.9 Å². The van der Waals surface area contributed by atoms with Gasteiger partial charge in [-0.3, -0.25) is 0 Å². The van der Waals surface area contributed by atoms with Crippen molar-refractivity contribution in [2.45, 2.75) is 53.5 Å². The van der Waals surface area contributed by atoms with Gasteiger partial charge in [0.15, 0.2) is 0 Å². The molecule has 31 heavy (non-hydrogen) atoms. The molecule has 1 aromatic carbocycles. The third kappa shape index (κ3) is 8.42. The van der Waals surface area contributed by atoms with Crippen LogP contribution in [0.15, 0.2) is 48.8 Å². The summed E-state index contributed by atoms with van der Waals surface area (Å²) in [4.78, 5) is 12.0. The average molecular weight is 424 g/mol. The molecule has 3 aromatic rings. The number of imidazole rings is 1. The molecule has 0 unspecified atom stereocenters. The fourth-order valence-corrected chi connectivity index (χ4v) is 3.29. The van der Waals surface area contributed by atoms with Gasteiger partial charge in [-0.25, -0.2) is 9.97 Å². The van der Waals surface area contributed by atoms with Gasteiger partial charge in [-0.05, 0) is 56.5 Å². The Hall–Kier alpha value is -2.86. The number of nitrogens with one attached hydrogen (secondary N) is 3. The van der Waals surface area contributed by atoms with Gasteiger partial charge in [-0.2, -0.15) is 0 Å².